The molecule has 0 saturated carbocycles. The number of aryl methyl sites for hydroxylation is 2. The first-order valence-electron chi connectivity index (χ1n) is 27.3. The van der Waals surface area contributed by atoms with Crippen molar-refractivity contribution in [2.24, 2.45) is 0 Å². The highest BCUT2D eigenvalue weighted by Gasteiger charge is 2.37. The van der Waals surface area contributed by atoms with Gasteiger partial charge in [-0.3, -0.25) is 19.2 Å². The van der Waals surface area contributed by atoms with Gasteiger partial charge in [0.25, 0.3) is 5.91 Å². The monoisotopic (exact) mass is 1150 g/mol. The number of alkyl carbamates (subject to hydrolysis) is 2. The van der Waals surface area contributed by atoms with Crippen LogP contribution in [0.25, 0.3) is 22.5 Å². The van der Waals surface area contributed by atoms with Gasteiger partial charge in [0.05, 0.1) is 44.8 Å². The summed E-state index contributed by atoms with van der Waals surface area (Å²) in [5, 5.41) is 13.6. The number of methoxy groups -OCH3 is 3. The number of nitrogens with zero attached hydrogens (tertiary/aromatic N) is 3. The lowest BCUT2D eigenvalue weighted by atomic mass is 9.86. The van der Waals surface area contributed by atoms with Gasteiger partial charge in [-0.05, 0) is 84.7 Å². The standard InChI is InChI=1S/C63H72N8O13/c1-37-52(38(2)67-55(66-37)43-21-24-45(25-22-43)63(4,5)6)57(73)69-48(27-28-64-61(77)83-35-40-17-13-11-14-18-40)59(75)71(7)53-44-23-26-50(79-8)46(34-44)47-31-42(32-49(60(76)81-10)70-56(72)39(3)68-58(53)74)33-51(54(47)80-9)82-30-29-65-62(78)84-36-41-19-15-12-16-20-41/h11-26,31,33-34,39,48-49,53H,27-30,32,35-36H2,1-10H3,(H,64,77)(H,65,78)(H,68,74)(H,69,73)(H,70,72)/t39-,48?,49+,53+/m1/s1. The molecule has 4 atom stereocenters. The smallest absolute Gasteiger partial charge is 0.407 e. The molecule has 5 N–H and O–H groups in total. The molecule has 0 spiro atoms. The number of hydrogen-bond donors (Lipinski definition) is 5. The summed E-state index contributed by atoms with van der Waals surface area (Å²) in [5.74, 6) is -2.80. The Morgan fingerprint density at radius 2 is 1.32 bits per heavy atom. The van der Waals surface area contributed by atoms with E-state index >= 15 is 4.79 Å². The Bertz CT molecular complexity index is 3310. The highest BCUT2D eigenvalue weighted by molar-refractivity contribution is 6.00. The van der Waals surface area contributed by atoms with Gasteiger partial charge in [0.2, 0.25) is 17.7 Å². The molecule has 1 aromatic heterocycles. The maximum absolute atomic E-state index is 15.3. The highest BCUT2D eigenvalue weighted by Crippen LogP contribution is 2.44. The third-order valence-electron chi connectivity index (χ3n) is 14.0. The van der Waals surface area contributed by atoms with E-state index in [9.17, 15) is 28.8 Å². The van der Waals surface area contributed by atoms with E-state index in [0.717, 1.165) is 27.2 Å². The Hall–Kier alpha value is -9.53. The SMILES string of the molecule is COC(=O)[C@@H]1Cc2cc(OCCNC(=O)OCc3ccccc3)c(OC)c(c2)-c2cc(ccc2OC)[C@H](N(C)C(=O)C(CCNC(=O)OCc2ccccc2)NC(=O)c2c(C)nc(-c3ccc(C(C)(C)C)cc3)nc2C)C(=O)N[C@H](C)C(=O)N1. The molecular weight excluding hydrogens is 1080 g/mol. The second kappa shape index (κ2) is 28.4. The predicted molar refractivity (Wildman–Crippen MR) is 312 cm³/mol. The molecule has 4 bridgehead atoms. The van der Waals surface area contributed by atoms with E-state index < -0.39 is 66.0 Å². The Morgan fingerprint density at radius 3 is 1.89 bits per heavy atom. The second-order valence-electron chi connectivity index (χ2n) is 21.1. The molecule has 0 aliphatic carbocycles. The van der Waals surface area contributed by atoms with Crippen LogP contribution in [0.2, 0.25) is 0 Å². The van der Waals surface area contributed by atoms with E-state index in [4.69, 9.17) is 38.4 Å². The summed E-state index contributed by atoms with van der Waals surface area (Å²) in [7, 11) is 5.41. The number of carbonyl (C=O) groups excluding carboxylic acids is 7. The number of ether oxygens (including phenoxy) is 6. The topological polar surface area (TPSA) is 264 Å². The van der Waals surface area contributed by atoms with Crippen molar-refractivity contribution in [3.05, 3.63) is 160 Å². The molecule has 84 heavy (non-hydrogen) atoms. The lowest BCUT2D eigenvalue weighted by Crippen LogP contribution is -2.55. The van der Waals surface area contributed by atoms with Gasteiger partial charge in [-0.2, -0.15) is 0 Å². The number of likely N-dealkylation sites (N-methyl/N-ethyl adjacent to an activating group) is 1. The average molecular weight is 1150 g/mol. The van der Waals surface area contributed by atoms with Gasteiger partial charge in [-0.1, -0.05) is 112 Å². The zero-order valence-electron chi connectivity index (χ0n) is 48.9. The number of benzene rings is 5. The van der Waals surface area contributed by atoms with Crippen molar-refractivity contribution in [2.45, 2.75) is 97.2 Å². The van der Waals surface area contributed by atoms with Crippen molar-refractivity contribution in [3.8, 4) is 39.8 Å². The van der Waals surface area contributed by atoms with E-state index in [2.05, 4.69) is 47.4 Å². The predicted octanol–water partition coefficient (Wildman–Crippen LogP) is 7.38. The molecular formula is C63H72N8O13. The van der Waals surface area contributed by atoms with E-state index in [-0.39, 0.29) is 73.8 Å². The Morgan fingerprint density at radius 1 is 0.714 bits per heavy atom. The quantitative estimate of drug-likeness (QED) is 0.0301. The molecule has 6 aromatic rings. The molecule has 0 radical (unpaired) electrons. The molecule has 0 saturated heterocycles. The molecule has 5 aromatic carbocycles. The minimum Gasteiger partial charge on any atom is -0.496 e. The molecule has 1 aliphatic rings. The number of hydrogen-bond acceptors (Lipinski definition) is 15. The zero-order chi connectivity index (χ0) is 60.7. The van der Waals surface area contributed by atoms with Crippen LogP contribution >= 0.6 is 0 Å². The van der Waals surface area contributed by atoms with Crippen LogP contribution in [0, 0.1) is 13.8 Å². The number of carbonyl (C=O) groups is 7. The molecule has 21 heteroatoms. The van der Waals surface area contributed by atoms with E-state index in [1.807, 2.05) is 72.8 Å². The normalized spacial score (nSPS) is 15.3. The van der Waals surface area contributed by atoms with Crippen molar-refractivity contribution >= 4 is 41.8 Å². The van der Waals surface area contributed by atoms with E-state index in [1.165, 1.54) is 35.3 Å². The fourth-order valence-corrected chi connectivity index (χ4v) is 9.51. The van der Waals surface area contributed by atoms with Gasteiger partial charge in [0.15, 0.2) is 17.3 Å². The molecule has 1 aliphatic heterocycles. The molecule has 0 fully saturated rings. The largest absolute Gasteiger partial charge is 0.496 e. The van der Waals surface area contributed by atoms with Gasteiger partial charge < -0.3 is 59.9 Å². The van der Waals surface area contributed by atoms with Crippen LogP contribution in [-0.2, 0) is 58.4 Å². The molecule has 6 amide bonds. The summed E-state index contributed by atoms with van der Waals surface area (Å²) in [5.41, 5.74) is 5.49. The molecule has 442 valence electrons. The van der Waals surface area contributed by atoms with Crippen molar-refractivity contribution in [1.82, 2.24) is 41.5 Å². The summed E-state index contributed by atoms with van der Waals surface area (Å²) in [4.78, 5) is 109. The van der Waals surface area contributed by atoms with Gasteiger partial charge in [0.1, 0.15) is 49.7 Å². The molecule has 21 nitrogen and oxygen atoms in total. The number of esters is 1. The third kappa shape index (κ3) is 15.9. The lowest BCUT2D eigenvalue weighted by Gasteiger charge is -2.33. The fourth-order valence-electron chi connectivity index (χ4n) is 9.51. The van der Waals surface area contributed by atoms with Crippen LogP contribution in [0.5, 0.6) is 17.2 Å². The summed E-state index contributed by atoms with van der Waals surface area (Å²) < 4.78 is 34.1. The maximum atomic E-state index is 15.3. The average Bonchev–Trinajstić information content (AvgIpc) is 3.65. The lowest BCUT2D eigenvalue weighted by molar-refractivity contribution is -0.145. The van der Waals surface area contributed by atoms with Gasteiger partial charge >= 0.3 is 18.2 Å². The van der Waals surface area contributed by atoms with Crippen LogP contribution < -0.4 is 40.8 Å². The summed E-state index contributed by atoms with van der Waals surface area (Å²) in [6.45, 7) is 10.9. The number of fused-ring (bicyclic) bond motifs is 5. The Labute approximate surface area is 488 Å². The van der Waals surface area contributed by atoms with E-state index in [0.29, 0.717) is 39.7 Å². The maximum Gasteiger partial charge on any atom is 0.407 e. The first kappa shape index (κ1) is 62.1. The van der Waals surface area contributed by atoms with Gasteiger partial charge in [-0.15, -0.1) is 0 Å². The molecule has 7 rings (SSSR count). The van der Waals surface area contributed by atoms with Crippen molar-refractivity contribution < 1.29 is 62.0 Å². The van der Waals surface area contributed by atoms with Crippen LogP contribution in [0.4, 0.5) is 9.59 Å². The van der Waals surface area contributed by atoms with Crippen LogP contribution in [0.1, 0.15) is 89.7 Å². The third-order valence-corrected chi connectivity index (χ3v) is 14.0. The van der Waals surface area contributed by atoms with Crippen LogP contribution in [0.15, 0.2) is 115 Å². The first-order chi connectivity index (χ1) is 40.2. The minimum atomic E-state index is -1.53. The Balaban J connectivity index is 1.24. The van der Waals surface area contributed by atoms with Gasteiger partial charge in [0, 0.05) is 36.7 Å². The van der Waals surface area contributed by atoms with Crippen molar-refractivity contribution in [1.29, 1.82) is 0 Å². The van der Waals surface area contributed by atoms with Crippen LogP contribution in [0.3, 0.4) is 0 Å². The number of rotatable bonds is 19. The number of nitrogens with one attached hydrogen (secondary N) is 5. The highest BCUT2D eigenvalue weighted by atomic mass is 16.6. The zero-order valence-corrected chi connectivity index (χ0v) is 48.9. The minimum absolute atomic E-state index is 0.00701. The Kier molecular flexibility index (Phi) is 21.0. The van der Waals surface area contributed by atoms with Crippen molar-refractivity contribution in [3.63, 3.8) is 0 Å². The van der Waals surface area contributed by atoms with Crippen LogP contribution in [-0.4, -0.2) is 123 Å². The van der Waals surface area contributed by atoms with E-state index in [1.54, 1.807) is 56.3 Å². The summed E-state index contributed by atoms with van der Waals surface area (Å²) >= 11 is 0. The number of amides is 6. The second-order valence-corrected chi connectivity index (χ2v) is 21.1. The first-order valence-corrected chi connectivity index (χ1v) is 27.3. The number of aromatic nitrogens is 2. The fraction of sp³-hybridized carbons (Fsp3) is 0.349. The van der Waals surface area contributed by atoms with Crippen molar-refractivity contribution in [2.75, 3.05) is 48.1 Å². The molecule has 1 unspecified atom stereocenters. The summed E-state index contributed by atoms with van der Waals surface area (Å²) in [6, 6.07) is 28.7. The molecule has 2 heterocycles. The van der Waals surface area contributed by atoms with Gasteiger partial charge in [-0.25, -0.2) is 24.4 Å². The summed E-state index contributed by atoms with van der Waals surface area (Å²) in [6.07, 6.45) is -1.77.